The number of halogens is 1. The van der Waals surface area contributed by atoms with E-state index in [2.05, 4.69) is 15.9 Å². The Balaban J connectivity index is 3.60. The van der Waals surface area contributed by atoms with Crippen molar-refractivity contribution in [1.29, 1.82) is 0 Å². The second-order valence-electron chi connectivity index (χ2n) is 2.12. The van der Waals surface area contributed by atoms with E-state index in [0.717, 1.165) is 0 Å². The fraction of sp³-hybridized carbons (Fsp3) is 0. The zero-order chi connectivity index (χ0) is 9.46. The molecule has 0 amide bonds. The first kappa shape index (κ1) is 9.06. The predicted molar refractivity (Wildman–Crippen MR) is 46.2 cm³/mol. The lowest BCUT2D eigenvalue weighted by Gasteiger charge is -2.08. The van der Waals surface area contributed by atoms with Gasteiger partial charge in [-0.25, -0.2) is 0 Å². The Kier molecular flexibility index (Phi) is 2.10. The molecule has 0 bridgehead atoms. The Morgan fingerprint density at radius 3 is 1.50 bits per heavy atom. The molecule has 0 saturated heterocycles. The molecule has 62 valence electrons. The van der Waals surface area contributed by atoms with Crippen LogP contribution in [0.25, 0.3) is 0 Å². The quantitative estimate of drug-likeness (QED) is 0.289. The number of phenols is 4. The highest BCUT2D eigenvalue weighted by atomic mass is 79.9. The van der Waals surface area contributed by atoms with E-state index in [9.17, 15) is 0 Å². The summed E-state index contributed by atoms with van der Waals surface area (Å²) in [5.74, 6) is -2.56. The second-order valence-corrected chi connectivity index (χ2v) is 2.92. The fourth-order valence-electron chi connectivity index (χ4n) is 0.687. The smallest absolute Gasteiger partial charge is 0.175 e. The molecule has 1 aromatic rings. The lowest BCUT2D eigenvalue weighted by molar-refractivity contribution is 0.374. The van der Waals surface area contributed by atoms with Crippen LogP contribution in [0.4, 0.5) is 0 Å². The fourth-order valence-corrected chi connectivity index (χ4v) is 1.06. The predicted octanol–water partition coefficient (Wildman–Crippen LogP) is 0.0653. The topological polar surface area (TPSA) is 80.9 Å². The molecule has 0 aliphatic rings. The highest BCUT2D eigenvalue weighted by Crippen LogP contribution is 2.43. The van der Waals surface area contributed by atoms with Crippen molar-refractivity contribution >= 4 is 29.2 Å². The molecule has 6 heteroatoms. The summed E-state index contributed by atoms with van der Waals surface area (Å²) in [6, 6.07) is 0. The lowest BCUT2D eigenvalue weighted by Crippen LogP contribution is -2.04. The Morgan fingerprint density at radius 2 is 1.17 bits per heavy atom. The van der Waals surface area contributed by atoms with Crippen molar-refractivity contribution in [3.8, 4) is 23.0 Å². The lowest BCUT2D eigenvalue weighted by atomic mass is 9.93. The van der Waals surface area contributed by atoms with Gasteiger partial charge < -0.3 is 20.4 Å². The number of hydrogen-bond acceptors (Lipinski definition) is 4. The third kappa shape index (κ3) is 1.08. The van der Waals surface area contributed by atoms with Crippen LogP contribution < -0.4 is 5.46 Å². The molecular formula is C6H4BBrO4. The zero-order valence-electron chi connectivity index (χ0n) is 5.74. The monoisotopic (exact) mass is 230 g/mol. The molecule has 0 fully saturated rings. The van der Waals surface area contributed by atoms with Gasteiger partial charge in [-0.1, -0.05) is 0 Å². The third-order valence-electron chi connectivity index (χ3n) is 1.37. The standard InChI is InChI=1S/C6H4BBrO4/c7-1-3(9)5(11)2(8)6(12)4(1)10/h9-12H. The van der Waals surface area contributed by atoms with Gasteiger partial charge in [-0.2, -0.15) is 0 Å². The molecule has 0 spiro atoms. The van der Waals surface area contributed by atoms with E-state index in [1.807, 2.05) is 0 Å². The van der Waals surface area contributed by atoms with Crippen molar-refractivity contribution in [1.82, 2.24) is 0 Å². The SMILES string of the molecule is [B]c1c(O)c(O)c(Br)c(O)c1O. The first-order chi connectivity index (χ1) is 5.46. The third-order valence-corrected chi connectivity index (χ3v) is 2.13. The molecule has 0 atom stereocenters. The number of aromatic hydroxyl groups is 4. The number of phenolic OH excluding ortho intramolecular Hbond substituents is 4. The largest absolute Gasteiger partial charge is 0.505 e. The van der Waals surface area contributed by atoms with Crippen LogP contribution in [-0.2, 0) is 0 Å². The van der Waals surface area contributed by atoms with Gasteiger partial charge in [0, 0.05) is 0 Å². The van der Waals surface area contributed by atoms with Gasteiger partial charge >= 0.3 is 0 Å². The molecule has 0 aliphatic heterocycles. The summed E-state index contributed by atoms with van der Waals surface area (Å²) < 4.78 is -0.202. The van der Waals surface area contributed by atoms with E-state index in [-0.39, 0.29) is 4.47 Å². The van der Waals surface area contributed by atoms with Gasteiger partial charge in [0.05, 0.1) is 0 Å². The van der Waals surface area contributed by atoms with Crippen molar-refractivity contribution in [2.45, 2.75) is 0 Å². The minimum Gasteiger partial charge on any atom is -0.505 e. The normalized spacial score (nSPS) is 10.1. The summed E-state index contributed by atoms with van der Waals surface area (Å²) in [7, 11) is 5.11. The average Bonchev–Trinajstić information content (AvgIpc) is 2.08. The van der Waals surface area contributed by atoms with Gasteiger partial charge in [0.1, 0.15) is 12.3 Å². The Hall–Kier alpha value is -1.04. The van der Waals surface area contributed by atoms with Crippen LogP contribution in [0.5, 0.6) is 23.0 Å². The number of benzene rings is 1. The van der Waals surface area contributed by atoms with Gasteiger partial charge in [0.15, 0.2) is 23.0 Å². The van der Waals surface area contributed by atoms with Crippen LogP contribution in [0.1, 0.15) is 0 Å². The minimum atomic E-state index is -0.669. The maximum Gasteiger partial charge on any atom is 0.175 e. The van der Waals surface area contributed by atoms with Gasteiger partial charge in [-0.3, -0.25) is 0 Å². The van der Waals surface area contributed by atoms with E-state index >= 15 is 0 Å². The summed E-state index contributed by atoms with van der Waals surface area (Å²) in [6.07, 6.45) is 0. The molecule has 2 radical (unpaired) electrons. The second kappa shape index (κ2) is 2.78. The maximum absolute atomic E-state index is 9.04. The van der Waals surface area contributed by atoms with Gasteiger partial charge in [0.2, 0.25) is 0 Å². The van der Waals surface area contributed by atoms with Crippen LogP contribution in [0.2, 0.25) is 0 Å². The average molecular weight is 231 g/mol. The molecule has 12 heavy (non-hydrogen) atoms. The molecule has 0 unspecified atom stereocenters. The summed E-state index contributed by atoms with van der Waals surface area (Å²) in [4.78, 5) is 0. The number of hydrogen-bond donors (Lipinski definition) is 4. The van der Waals surface area contributed by atoms with Crippen LogP contribution in [0, 0.1) is 0 Å². The first-order valence-corrected chi connectivity index (χ1v) is 3.67. The van der Waals surface area contributed by atoms with Crippen molar-refractivity contribution in [2.75, 3.05) is 0 Å². The number of rotatable bonds is 0. The molecule has 1 aromatic carbocycles. The summed E-state index contributed by atoms with van der Waals surface area (Å²) in [5, 5.41) is 36.1. The van der Waals surface area contributed by atoms with Gasteiger partial charge in [0.25, 0.3) is 0 Å². The molecule has 0 aliphatic carbocycles. The van der Waals surface area contributed by atoms with Crippen molar-refractivity contribution in [2.24, 2.45) is 0 Å². The summed E-state index contributed by atoms with van der Waals surface area (Å²) >= 11 is 2.74. The molecular weight excluding hydrogens is 227 g/mol. The van der Waals surface area contributed by atoms with E-state index < -0.39 is 28.5 Å². The molecule has 1 rings (SSSR count). The maximum atomic E-state index is 9.04. The van der Waals surface area contributed by atoms with Crippen LogP contribution in [0.15, 0.2) is 4.47 Å². The van der Waals surface area contributed by atoms with Crippen LogP contribution in [0.3, 0.4) is 0 Å². The van der Waals surface area contributed by atoms with E-state index in [1.54, 1.807) is 0 Å². The van der Waals surface area contributed by atoms with E-state index in [0.29, 0.717) is 0 Å². The van der Waals surface area contributed by atoms with Crippen LogP contribution >= 0.6 is 15.9 Å². The Labute approximate surface area is 77.6 Å². The zero-order valence-corrected chi connectivity index (χ0v) is 7.33. The van der Waals surface area contributed by atoms with Crippen molar-refractivity contribution in [3.05, 3.63) is 4.47 Å². The van der Waals surface area contributed by atoms with E-state index in [1.165, 1.54) is 0 Å². The minimum absolute atomic E-state index is 0.202. The molecule has 0 heterocycles. The highest BCUT2D eigenvalue weighted by molar-refractivity contribution is 9.10. The summed E-state index contributed by atoms with van der Waals surface area (Å²) in [6.45, 7) is 0. The summed E-state index contributed by atoms with van der Waals surface area (Å²) in [5.41, 5.74) is -0.465. The molecule has 0 saturated carbocycles. The van der Waals surface area contributed by atoms with Crippen LogP contribution in [-0.4, -0.2) is 28.3 Å². The van der Waals surface area contributed by atoms with Gasteiger partial charge in [-0.15, -0.1) is 0 Å². The Morgan fingerprint density at radius 1 is 0.833 bits per heavy atom. The highest BCUT2D eigenvalue weighted by Gasteiger charge is 2.17. The Bertz CT molecular complexity index is 234. The van der Waals surface area contributed by atoms with E-state index in [4.69, 9.17) is 28.3 Å². The van der Waals surface area contributed by atoms with Crippen molar-refractivity contribution in [3.63, 3.8) is 0 Å². The first-order valence-electron chi connectivity index (χ1n) is 2.87. The molecule has 4 nitrogen and oxygen atoms in total. The molecule has 4 N–H and O–H groups in total. The molecule has 0 aromatic heterocycles. The van der Waals surface area contributed by atoms with Crippen molar-refractivity contribution < 1.29 is 20.4 Å². The van der Waals surface area contributed by atoms with Gasteiger partial charge in [-0.05, 0) is 21.4 Å².